The number of carbonyl (C=O) groups is 1. The van der Waals surface area contributed by atoms with E-state index in [1.807, 2.05) is 41.8 Å². The number of nitrogens with one attached hydrogen (secondary N) is 1. The van der Waals surface area contributed by atoms with Crippen LogP contribution < -0.4 is 5.32 Å². The smallest absolute Gasteiger partial charge is 0.222 e. The molecule has 0 bridgehead atoms. The molecule has 2 N–H and O–H groups in total. The van der Waals surface area contributed by atoms with Crippen molar-refractivity contribution < 1.29 is 18.3 Å². The van der Waals surface area contributed by atoms with Crippen LogP contribution in [0.5, 0.6) is 0 Å². The van der Waals surface area contributed by atoms with Gasteiger partial charge in [-0.3, -0.25) is 9.78 Å². The van der Waals surface area contributed by atoms with E-state index in [4.69, 9.17) is 0 Å². The second kappa shape index (κ2) is 7.57. The van der Waals surface area contributed by atoms with Crippen molar-refractivity contribution in [1.82, 2.24) is 19.9 Å². The predicted octanol–water partition coefficient (Wildman–Crippen LogP) is 1.07. The molecule has 1 amide bonds. The number of aryl methyl sites for hydroxylation is 2. The minimum Gasteiger partial charge on any atom is -0.390 e. The average Bonchev–Trinajstić information content (AvgIpc) is 3.16. The van der Waals surface area contributed by atoms with Crippen molar-refractivity contribution >= 4 is 26.8 Å². The summed E-state index contributed by atoms with van der Waals surface area (Å²) in [5.41, 5.74) is 3.52. The van der Waals surface area contributed by atoms with Crippen LogP contribution in [0, 0.1) is 6.92 Å². The number of aliphatic hydroxyl groups is 1. The SMILES string of the molecule is Cc1ncccc1-c1cc2cccnc2n1CCC(=O)N[C@@H]1CS(=O)(=O)C[C@@H]1O. The van der Waals surface area contributed by atoms with Gasteiger partial charge in [-0.25, -0.2) is 13.4 Å². The minimum absolute atomic E-state index is 0.135. The first-order chi connectivity index (χ1) is 13.8. The third-order valence-electron chi connectivity index (χ3n) is 5.17. The minimum atomic E-state index is -3.31. The van der Waals surface area contributed by atoms with Crippen LogP contribution in [0.1, 0.15) is 12.1 Å². The Morgan fingerprint density at radius 1 is 1.24 bits per heavy atom. The number of aliphatic hydroxyl groups excluding tert-OH is 1. The molecule has 0 aromatic carbocycles. The maximum atomic E-state index is 12.4. The summed E-state index contributed by atoms with van der Waals surface area (Å²) in [6.07, 6.45) is 2.51. The summed E-state index contributed by atoms with van der Waals surface area (Å²) in [5, 5.41) is 13.5. The highest BCUT2D eigenvalue weighted by Crippen LogP contribution is 2.29. The molecule has 29 heavy (non-hydrogen) atoms. The van der Waals surface area contributed by atoms with Gasteiger partial charge in [0.15, 0.2) is 9.84 Å². The molecule has 1 fully saturated rings. The van der Waals surface area contributed by atoms with Gasteiger partial charge in [-0.05, 0) is 37.3 Å². The molecule has 8 nitrogen and oxygen atoms in total. The van der Waals surface area contributed by atoms with Gasteiger partial charge in [0.05, 0.1) is 29.3 Å². The Balaban J connectivity index is 1.57. The van der Waals surface area contributed by atoms with Crippen molar-refractivity contribution in [2.75, 3.05) is 11.5 Å². The van der Waals surface area contributed by atoms with Crippen LogP contribution in [-0.2, 0) is 21.2 Å². The van der Waals surface area contributed by atoms with E-state index in [0.29, 0.717) is 6.54 Å². The molecule has 4 rings (SSSR count). The van der Waals surface area contributed by atoms with Gasteiger partial charge in [0.2, 0.25) is 5.91 Å². The van der Waals surface area contributed by atoms with Crippen molar-refractivity contribution in [1.29, 1.82) is 0 Å². The Morgan fingerprint density at radius 2 is 2.00 bits per heavy atom. The van der Waals surface area contributed by atoms with Gasteiger partial charge in [0.1, 0.15) is 5.65 Å². The second-order valence-corrected chi connectivity index (χ2v) is 9.46. The van der Waals surface area contributed by atoms with Gasteiger partial charge in [-0.15, -0.1) is 0 Å². The van der Waals surface area contributed by atoms with Crippen molar-refractivity contribution in [3.8, 4) is 11.3 Å². The van der Waals surface area contributed by atoms with E-state index in [0.717, 1.165) is 28.0 Å². The molecule has 3 aromatic rings. The van der Waals surface area contributed by atoms with Crippen LogP contribution in [0.4, 0.5) is 0 Å². The maximum Gasteiger partial charge on any atom is 0.222 e. The highest BCUT2D eigenvalue weighted by molar-refractivity contribution is 7.91. The molecule has 0 saturated carbocycles. The van der Waals surface area contributed by atoms with Crippen molar-refractivity contribution in [2.45, 2.75) is 32.0 Å². The predicted molar refractivity (Wildman–Crippen MR) is 109 cm³/mol. The molecule has 0 unspecified atom stereocenters. The van der Waals surface area contributed by atoms with E-state index < -0.39 is 22.0 Å². The van der Waals surface area contributed by atoms with Gasteiger partial charge < -0.3 is 15.0 Å². The number of rotatable bonds is 5. The highest BCUT2D eigenvalue weighted by atomic mass is 32.2. The molecule has 1 aliphatic rings. The first kappa shape index (κ1) is 19.5. The summed E-state index contributed by atoms with van der Waals surface area (Å²) in [7, 11) is -3.31. The maximum absolute atomic E-state index is 12.4. The van der Waals surface area contributed by atoms with Crippen LogP contribution in [0.25, 0.3) is 22.3 Å². The number of amides is 1. The molecule has 1 saturated heterocycles. The van der Waals surface area contributed by atoms with E-state index in [-0.39, 0.29) is 23.8 Å². The molecule has 1 aliphatic heterocycles. The summed E-state index contributed by atoms with van der Waals surface area (Å²) in [6.45, 7) is 2.30. The number of nitrogens with zero attached hydrogens (tertiary/aromatic N) is 3. The lowest BCUT2D eigenvalue weighted by molar-refractivity contribution is -0.122. The fraction of sp³-hybridized carbons (Fsp3) is 0.350. The van der Waals surface area contributed by atoms with Crippen LogP contribution in [0.2, 0.25) is 0 Å². The Labute approximate surface area is 168 Å². The van der Waals surface area contributed by atoms with Crippen molar-refractivity contribution in [3.05, 3.63) is 48.4 Å². The van der Waals surface area contributed by atoms with Gasteiger partial charge in [-0.1, -0.05) is 0 Å². The second-order valence-electron chi connectivity index (χ2n) is 7.30. The first-order valence-electron chi connectivity index (χ1n) is 9.38. The van der Waals surface area contributed by atoms with E-state index in [1.165, 1.54) is 0 Å². The topological polar surface area (TPSA) is 114 Å². The van der Waals surface area contributed by atoms with Gasteiger partial charge in [-0.2, -0.15) is 0 Å². The molecule has 2 atom stereocenters. The Kier molecular flexibility index (Phi) is 5.10. The summed E-state index contributed by atoms with van der Waals surface area (Å²) < 4.78 is 25.2. The van der Waals surface area contributed by atoms with E-state index >= 15 is 0 Å². The van der Waals surface area contributed by atoms with Crippen LogP contribution in [0.3, 0.4) is 0 Å². The largest absolute Gasteiger partial charge is 0.390 e. The molecule has 0 radical (unpaired) electrons. The number of aromatic nitrogens is 3. The van der Waals surface area contributed by atoms with E-state index in [2.05, 4.69) is 15.3 Å². The van der Waals surface area contributed by atoms with Crippen LogP contribution in [-0.4, -0.2) is 57.6 Å². The Hall–Kier alpha value is -2.78. The third kappa shape index (κ3) is 4.01. The van der Waals surface area contributed by atoms with Crippen molar-refractivity contribution in [3.63, 3.8) is 0 Å². The molecule has 9 heteroatoms. The lowest BCUT2D eigenvalue weighted by Crippen LogP contribution is -2.42. The van der Waals surface area contributed by atoms with E-state index in [9.17, 15) is 18.3 Å². The van der Waals surface area contributed by atoms with E-state index in [1.54, 1.807) is 12.4 Å². The number of sulfone groups is 1. The summed E-state index contributed by atoms with van der Waals surface area (Å²) in [5.74, 6) is -0.847. The first-order valence-corrected chi connectivity index (χ1v) is 11.2. The fourth-order valence-electron chi connectivity index (χ4n) is 3.75. The highest BCUT2D eigenvalue weighted by Gasteiger charge is 2.37. The molecule has 0 spiro atoms. The summed E-state index contributed by atoms with van der Waals surface area (Å²) in [6, 6.07) is 8.94. The zero-order chi connectivity index (χ0) is 20.6. The lowest BCUT2D eigenvalue weighted by Gasteiger charge is -2.16. The quantitative estimate of drug-likeness (QED) is 0.646. The zero-order valence-corrected chi connectivity index (χ0v) is 16.8. The Morgan fingerprint density at radius 3 is 2.72 bits per heavy atom. The standard InChI is InChI=1S/C20H22N4O4S/c1-13-15(5-3-7-21-13)17-10-14-4-2-8-22-20(14)24(17)9-6-19(26)23-16-11-29(27,28)12-18(16)25/h2-5,7-8,10,16,18,25H,6,9,11-12H2,1H3,(H,23,26)/t16-,18+/m1/s1. The average molecular weight is 414 g/mol. The summed E-state index contributed by atoms with van der Waals surface area (Å²) >= 11 is 0. The molecule has 152 valence electrons. The number of hydrogen-bond acceptors (Lipinski definition) is 6. The van der Waals surface area contributed by atoms with Gasteiger partial charge in [0, 0.05) is 42.0 Å². The van der Waals surface area contributed by atoms with Crippen molar-refractivity contribution in [2.24, 2.45) is 0 Å². The third-order valence-corrected chi connectivity index (χ3v) is 6.89. The lowest BCUT2D eigenvalue weighted by atomic mass is 10.1. The molecular weight excluding hydrogens is 392 g/mol. The van der Waals surface area contributed by atoms with Gasteiger partial charge in [0.25, 0.3) is 0 Å². The zero-order valence-electron chi connectivity index (χ0n) is 15.9. The molecular formula is C20H22N4O4S. The fourth-order valence-corrected chi connectivity index (χ4v) is 5.49. The number of carbonyl (C=O) groups excluding carboxylic acids is 1. The number of fused-ring (bicyclic) bond motifs is 1. The molecule has 3 aromatic heterocycles. The molecule has 4 heterocycles. The number of hydrogen-bond donors (Lipinski definition) is 2. The monoisotopic (exact) mass is 414 g/mol. The van der Waals surface area contributed by atoms with Gasteiger partial charge >= 0.3 is 0 Å². The van der Waals surface area contributed by atoms with Crippen LogP contribution in [0.15, 0.2) is 42.7 Å². The van der Waals surface area contributed by atoms with Crippen LogP contribution >= 0.6 is 0 Å². The summed E-state index contributed by atoms with van der Waals surface area (Å²) in [4.78, 5) is 21.3. The normalized spacial score (nSPS) is 20.8. The Bertz CT molecular complexity index is 1170. The molecule has 0 aliphatic carbocycles. The number of pyridine rings is 2.